The van der Waals surface area contributed by atoms with Gasteiger partial charge in [-0.1, -0.05) is 29.8 Å². The minimum Gasteiger partial charge on any atom is -0.349 e. The fraction of sp³-hybridized carbons (Fsp3) is 0.267. The molecule has 1 saturated carbocycles. The van der Waals surface area contributed by atoms with E-state index in [-0.39, 0.29) is 17.6 Å². The van der Waals surface area contributed by atoms with Crippen LogP contribution in [0.25, 0.3) is 22.4 Å². The van der Waals surface area contributed by atoms with Crippen molar-refractivity contribution >= 4 is 28.5 Å². The number of fused-ring (bicyclic) bond motifs is 1. The number of nitrogens with one attached hydrogen (secondary N) is 1. The SMILES string of the molecule is Cc1ncc(Cl)cc1C(=O)NC1CCC(Cn2c(=O)n(-c3cccc(-n4ccnc4)c3)c3ccccc32)CC1. The van der Waals surface area contributed by atoms with Crippen molar-refractivity contribution in [3.63, 3.8) is 0 Å². The van der Waals surface area contributed by atoms with Crippen LogP contribution in [0.15, 0.2) is 84.3 Å². The molecule has 1 aliphatic carbocycles. The maximum atomic E-state index is 13.8. The van der Waals surface area contributed by atoms with Gasteiger partial charge in [-0.15, -0.1) is 0 Å². The Morgan fingerprint density at radius 1 is 1.03 bits per heavy atom. The molecule has 0 radical (unpaired) electrons. The molecule has 1 fully saturated rings. The second-order valence-electron chi connectivity index (χ2n) is 10.2. The molecule has 5 aromatic rings. The number of rotatable bonds is 6. The summed E-state index contributed by atoms with van der Waals surface area (Å²) in [7, 11) is 0. The van der Waals surface area contributed by atoms with Gasteiger partial charge in [0.15, 0.2) is 0 Å². The Kier molecular flexibility index (Phi) is 6.79. The normalized spacial score (nSPS) is 17.4. The number of imidazole rings is 2. The van der Waals surface area contributed by atoms with E-state index < -0.39 is 0 Å². The van der Waals surface area contributed by atoms with E-state index in [1.54, 1.807) is 29.4 Å². The highest BCUT2D eigenvalue weighted by molar-refractivity contribution is 6.30. The number of hydrogen-bond donors (Lipinski definition) is 1. The third-order valence-corrected chi connectivity index (χ3v) is 7.85. The molecule has 3 heterocycles. The Hall–Kier alpha value is -4.17. The number of amides is 1. The number of hydrogen-bond acceptors (Lipinski definition) is 4. The summed E-state index contributed by atoms with van der Waals surface area (Å²) in [6.45, 7) is 2.45. The zero-order valence-corrected chi connectivity index (χ0v) is 22.4. The lowest BCUT2D eigenvalue weighted by molar-refractivity contribution is 0.0919. The molecule has 39 heavy (non-hydrogen) atoms. The number of para-hydroxylation sites is 2. The number of aromatic nitrogens is 5. The van der Waals surface area contributed by atoms with E-state index in [9.17, 15) is 9.59 Å². The molecule has 0 spiro atoms. The molecule has 0 bridgehead atoms. The van der Waals surface area contributed by atoms with Crippen LogP contribution >= 0.6 is 11.6 Å². The smallest absolute Gasteiger partial charge is 0.333 e. The molecule has 1 amide bonds. The highest BCUT2D eigenvalue weighted by Gasteiger charge is 2.25. The van der Waals surface area contributed by atoms with Crippen molar-refractivity contribution in [2.45, 2.75) is 45.2 Å². The van der Waals surface area contributed by atoms with Crippen LogP contribution in [0.5, 0.6) is 0 Å². The van der Waals surface area contributed by atoms with Gasteiger partial charge in [0.2, 0.25) is 0 Å². The van der Waals surface area contributed by atoms with Crippen LogP contribution in [0.4, 0.5) is 0 Å². The van der Waals surface area contributed by atoms with Gasteiger partial charge in [-0.05, 0) is 74.9 Å². The number of carbonyl (C=O) groups is 1. The van der Waals surface area contributed by atoms with Crippen molar-refractivity contribution in [3.05, 3.63) is 106 Å². The average molecular weight is 541 g/mol. The Bertz CT molecular complexity index is 1700. The summed E-state index contributed by atoms with van der Waals surface area (Å²) < 4.78 is 5.63. The Morgan fingerprint density at radius 3 is 2.56 bits per heavy atom. The minimum absolute atomic E-state index is 0.0432. The lowest BCUT2D eigenvalue weighted by Gasteiger charge is -2.29. The van der Waals surface area contributed by atoms with Crippen LogP contribution < -0.4 is 11.0 Å². The van der Waals surface area contributed by atoms with Crippen molar-refractivity contribution < 1.29 is 4.79 Å². The molecule has 3 aromatic heterocycles. The monoisotopic (exact) mass is 540 g/mol. The van der Waals surface area contributed by atoms with E-state index in [0.29, 0.717) is 28.7 Å². The number of halogens is 1. The molecular weight excluding hydrogens is 512 g/mol. The van der Waals surface area contributed by atoms with Crippen LogP contribution in [-0.2, 0) is 6.54 Å². The predicted octanol–water partition coefficient (Wildman–Crippen LogP) is 5.32. The van der Waals surface area contributed by atoms with Gasteiger partial charge < -0.3 is 9.88 Å². The Labute approximate surface area is 230 Å². The third-order valence-electron chi connectivity index (χ3n) is 7.65. The van der Waals surface area contributed by atoms with Gasteiger partial charge in [0.05, 0.1) is 39.3 Å². The number of aryl methyl sites for hydroxylation is 1. The molecule has 9 heteroatoms. The Balaban J connectivity index is 1.20. The molecule has 8 nitrogen and oxygen atoms in total. The maximum absolute atomic E-state index is 13.8. The quantitative estimate of drug-likeness (QED) is 0.316. The summed E-state index contributed by atoms with van der Waals surface area (Å²) in [4.78, 5) is 35.0. The molecule has 0 atom stereocenters. The van der Waals surface area contributed by atoms with Gasteiger partial charge in [0, 0.05) is 36.9 Å². The van der Waals surface area contributed by atoms with Crippen LogP contribution in [-0.4, -0.2) is 35.6 Å². The highest BCUT2D eigenvalue weighted by atomic mass is 35.5. The molecule has 0 aliphatic heterocycles. The van der Waals surface area contributed by atoms with Crippen LogP contribution in [0.2, 0.25) is 5.02 Å². The first-order chi connectivity index (χ1) is 19.0. The zero-order chi connectivity index (χ0) is 26.9. The first-order valence-corrected chi connectivity index (χ1v) is 13.6. The van der Waals surface area contributed by atoms with Crippen LogP contribution in [0.1, 0.15) is 41.7 Å². The van der Waals surface area contributed by atoms with E-state index in [1.165, 1.54) is 0 Å². The zero-order valence-electron chi connectivity index (χ0n) is 21.6. The van der Waals surface area contributed by atoms with E-state index in [4.69, 9.17) is 11.6 Å². The third kappa shape index (κ3) is 5.00. The summed E-state index contributed by atoms with van der Waals surface area (Å²) in [5, 5.41) is 3.61. The van der Waals surface area contributed by atoms with Crippen LogP contribution in [0, 0.1) is 12.8 Å². The number of nitrogens with zero attached hydrogens (tertiary/aromatic N) is 5. The van der Waals surface area contributed by atoms with Gasteiger partial charge in [-0.2, -0.15) is 0 Å². The lowest BCUT2D eigenvalue weighted by Crippen LogP contribution is -2.39. The lowest BCUT2D eigenvalue weighted by atomic mass is 9.85. The first-order valence-electron chi connectivity index (χ1n) is 13.2. The first kappa shape index (κ1) is 25.1. The minimum atomic E-state index is -0.136. The summed E-state index contributed by atoms with van der Waals surface area (Å²) in [5.41, 5.74) is 4.71. The molecule has 1 aliphatic rings. The van der Waals surface area contributed by atoms with Crippen molar-refractivity contribution in [1.29, 1.82) is 0 Å². The van der Waals surface area contributed by atoms with Gasteiger partial charge >= 0.3 is 5.69 Å². The topological polar surface area (TPSA) is 86.7 Å². The average Bonchev–Trinajstić information content (AvgIpc) is 3.58. The van der Waals surface area contributed by atoms with E-state index in [1.807, 2.05) is 70.8 Å². The number of pyridine rings is 1. The number of carbonyl (C=O) groups excluding carboxylic acids is 1. The standard InChI is InChI=1S/C30H29ClN6O2/c1-20-26(15-22(31)17-33-20)29(38)34-23-11-9-21(10-12-23)18-36-27-7-2-3-8-28(27)37(30(36)39)25-6-4-5-24(16-25)35-14-13-32-19-35/h2-8,13-17,19,21,23H,9-12,18H2,1H3,(H,34,38). The summed E-state index contributed by atoms with van der Waals surface area (Å²) in [5.74, 6) is 0.213. The van der Waals surface area contributed by atoms with Gasteiger partial charge in [0.25, 0.3) is 5.91 Å². The van der Waals surface area contributed by atoms with E-state index in [0.717, 1.165) is 48.1 Å². The van der Waals surface area contributed by atoms with E-state index in [2.05, 4.69) is 15.3 Å². The van der Waals surface area contributed by atoms with E-state index >= 15 is 0 Å². The Morgan fingerprint density at radius 2 is 1.79 bits per heavy atom. The number of benzene rings is 2. The van der Waals surface area contributed by atoms with Crippen molar-refractivity contribution in [2.24, 2.45) is 5.92 Å². The van der Waals surface area contributed by atoms with Crippen molar-refractivity contribution in [3.8, 4) is 11.4 Å². The molecule has 0 unspecified atom stereocenters. The molecule has 1 N–H and O–H groups in total. The maximum Gasteiger partial charge on any atom is 0.333 e. The molecular formula is C30H29ClN6O2. The second-order valence-corrected chi connectivity index (χ2v) is 10.6. The molecule has 2 aromatic carbocycles. The fourth-order valence-electron chi connectivity index (χ4n) is 5.59. The second kappa shape index (κ2) is 10.5. The summed E-state index contributed by atoms with van der Waals surface area (Å²) in [6, 6.07) is 17.6. The largest absolute Gasteiger partial charge is 0.349 e. The van der Waals surface area contributed by atoms with Gasteiger partial charge in [-0.25, -0.2) is 9.78 Å². The molecule has 0 saturated heterocycles. The van der Waals surface area contributed by atoms with Crippen molar-refractivity contribution in [1.82, 2.24) is 29.0 Å². The fourth-order valence-corrected chi connectivity index (χ4v) is 5.74. The van der Waals surface area contributed by atoms with Crippen LogP contribution in [0.3, 0.4) is 0 Å². The van der Waals surface area contributed by atoms with Gasteiger partial charge in [-0.3, -0.25) is 18.9 Å². The molecule has 6 rings (SSSR count). The van der Waals surface area contributed by atoms with Gasteiger partial charge in [0.1, 0.15) is 0 Å². The predicted molar refractivity (Wildman–Crippen MR) is 152 cm³/mol. The van der Waals surface area contributed by atoms with Crippen molar-refractivity contribution in [2.75, 3.05) is 0 Å². The summed E-state index contributed by atoms with van der Waals surface area (Å²) >= 11 is 6.05. The molecule has 198 valence electrons. The summed E-state index contributed by atoms with van der Waals surface area (Å²) in [6.07, 6.45) is 10.5. The highest BCUT2D eigenvalue weighted by Crippen LogP contribution is 2.28.